The standard InChI is InChI=1S/C19H13.C13H10.C11H16O.2ClH.Ti/c1-2-7-14(8-3-1)16-11-6-12-18-17-10-5-4-9-15(17)13-19(16)18;1-3-7-12(8-4-1)11-13-9-5-2-6-10-13;1-8-5-9(11(2,3)4)7-10(12)6-8;;;/h1-13H;1-10H;5-7,12H,1-4H3;2*1H;/q;;;;;+1/p-1. The predicted molar refractivity (Wildman–Crippen MR) is 201 cm³/mol. The van der Waals surface area contributed by atoms with Gasteiger partial charge in [-0.1, -0.05) is 0 Å². The van der Waals surface area contributed by atoms with E-state index in [9.17, 15) is 0 Å². The molecule has 236 valence electrons. The van der Waals surface area contributed by atoms with Crippen molar-refractivity contribution in [3.63, 3.8) is 0 Å². The maximum atomic E-state index is 7.72. The van der Waals surface area contributed by atoms with E-state index in [-0.39, 0.29) is 30.2 Å². The minimum absolute atomic E-state index is 0. The fourth-order valence-corrected chi connectivity index (χ4v) is 11.4. The van der Waals surface area contributed by atoms with Crippen LogP contribution in [0.3, 0.4) is 0 Å². The summed E-state index contributed by atoms with van der Waals surface area (Å²) in [6, 6.07) is 48.6. The summed E-state index contributed by atoms with van der Waals surface area (Å²) >= 11 is -2.98. The zero-order valence-corrected chi connectivity index (χ0v) is 30.4. The first-order valence-corrected chi connectivity index (χ1v) is 18.0. The van der Waals surface area contributed by atoms with Crippen LogP contribution in [-0.4, -0.2) is 3.81 Å². The Balaban J connectivity index is 0.00000217. The molecular formula is C43H40Cl2OTi. The second-order valence-electron chi connectivity index (χ2n) is 13.1. The fourth-order valence-electron chi connectivity index (χ4n) is 6.74. The summed E-state index contributed by atoms with van der Waals surface area (Å²) in [7, 11) is 0. The number of benzene rings is 5. The summed E-state index contributed by atoms with van der Waals surface area (Å²) < 4.78 is 8.58. The van der Waals surface area contributed by atoms with Gasteiger partial charge in [0.2, 0.25) is 0 Å². The Morgan fingerprint density at radius 3 is 1.87 bits per heavy atom. The Kier molecular flexibility index (Phi) is 10.4. The van der Waals surface area contributed by atoms with E-state index in [2.05, 4.69) is 185 Å². The monoisotopic (exact) mass is 690 g/mol. The van der Waals surface area contributed by atoms with Crippen LogP contribution in [0.25, 0.3) is 11.6 Å². The van der Waals surface area contributed by atoms with E-state index >= 15 is 0 Å². The van der Waals surface area contributed by atoms with Crippen LogP contribution in [0.5, 0.6) is 5.75 Å². The van der Waals surface area contributed by atoms with Gasteiger partial charge >= 0.3 is 275 Å². The van der Waals surface area contributed by atoms with Crippen LogP contribution in [0.1, 0.15) is 59.7 Å². The molecule has 7 rings (SSSR count). The molecule has 1 unspecified atom stereocenters. The van der Waals surface area contributed by atoms with E-state index in [0.29, 0.717) is 0 Å². The molecule has 4 heteroatoms. The molecule has 1 nitrogen and oxygen atoms in total. The van der Waals surface area contributed by atoms with Gasteiger partial charge in [-0.15, -0.1) is 24.8 Å². The van der Waals surface area contributed by atoms with Gasteiger partial charge in [0.25, 0.3) is 0 Å². The minimum Gasteiger partial charge on any atom is -0.147 e. The van der Waals surface area contributed by atoms with E-state index in [1.807, 2.05) is 0 Å². The van der Waals surface area contributed by atoms with E-state index in [1.165, 1.54) is 53.9 Å². The number of aryl methyl sites for hydroxylation is 1. The van der Waals surface area contributed by atoms with Gasteiger partial charge in [0, 0.05) is 0 Å². The molecule has 5 aromatic rings. The van der Waals surface area contributed by atoms with Crippen LogP contribution in [0.15, 0.2) is 157 Å². The smallest absolute Gasteiger partial charge is 0.147 e. The number of fused-ring (bicyclic) bond motifs is 3. The second-order valence-corrected chi connectivity index (χ2v) is 16.4. The molecule has 0 amide bonds. The molecule has 0 spiro atoms. The van der Waals surface area contributed by atoms with Gasteiger partial charge in [0.1, 0.15) is 0 Å². The van der Waals surface area contributed by atoms with Gasteiger partial charge in [-0.25, -0.2) is 0 Å². The van der Waals surface area contributed by atoms with Gasteiger partial charge in [0.15, 0.2) is 0 Å². The third-order valence-electron chi connectivity index (χ3n) is 8.95. The average molecular weight is 692 g/mol. The summed E-state index contributed by atoms with van der Waals surface area (Å²) in [6.45, 7) is 9.02. The molecule has 0 saturated carbocycles. The van der Waals surface area contributed by atoms with Gasteiger partial charge in [-0.05, 0) is 0 Å². The van der Waals surface area contributed by atoms with Crippen LogP contribution in [-0.2, 0) is 26.9 Å². The topological polar surface area (TPSA) is 9.23 Å². The van der Waals surface area contributed by atoms with Crippen molar-refractivity contribution < 1.29 is 21.1 Å². The van der Waals surface area contributed by atoms with Crippen LogP contribution in [0.2, 0.25) is 0 Å². The number of hydrogen-bond donors (Lipinski definition) is 0. The average Bonchev–Trinajstić information content (AvgIpc) is 3.45. The molecule has 2 aliphatic carbocycles. The fraction of sp³-hybridized carbons (Fsp3) is 0.140. The van der Waals surface area contributed by atoms with E-state index in [4.69, 9.17) is 3.32 Å². The van der Waals surface area contributed by atoms with Crippen molar-refractivity contribution in [2.45, 2.75) is 36.8 Å². The zero-order chi connectivity index (χ0) is 31.0. The SMILES string of the molecule is Cc1cc([O][Ti](=[C](c2ccccc2)c2ccccc2)[C]2(c3ccccc3)C=CC=C3C2=Cc2ccccc23)cc(C(C)(C)C)c1.Cl.Cl. The van der Waals surface area contributed by atoms with Crippen molar-refractivity contribution in [3.8, 4) is 5.75 Å². The molecule has 0 radical (unpaired) electrons. The zero-order valence-electron chi connectivity index (χ0n) is 27.2. The summed E-state index contributed by atoms with van der Waals surface area (Å²) in [5.41, 5.74) is 11.4. The Labute approximate surface area is 298 Å². The molecule has 47 heavy (non-hydrogen) atoms. The Hall–Kier alpha value is -3.72. The Morgan fingerprint density at radius 2 is 1.26 bits per heavy atom. The van der Waals surface area contributed by atoms with Crippen molar-refractivity contribution in [1.29, 1.82) is 0 Å². The molecule has 0 bridgehead atoms. The van der Waals surface area contributed by atoms with E-state index in [0.717, 1.165) is 5.75 Å². The first kappa shape index (κ1) is 34.6. The summed E-state index contributed by atoms with van der Waals surface area (Å²) in [4.78, 5) is 0. The first-order chi connectivity index (χ1) is 21.8. The number of rotatable bonds is 6. The van der Waals surface area contributed by atoms with Crippen LogP contribution >= 0.6 is 24.8 Å². The number of hydrogen-bond acceptors (Lipinski definition) is 1. The Morgan fingerprint density at radius 1 is 0.681 bits per heavy atom. The van der Waals surface area contributed by atoms with Crippen LogP contribution in [0, 0.1) is 6.92 Å². The molecule has 0 aliphatic heterocycles. The maximum Gasteiger partial charge on any atom is -0.147 e. The third-order valence-corrected chi connectivity index (χ3v) is 13.5. The molecule has 0 aromatic heterocycles. The van der Waals surface area contributed by atoms with Crippen molar-refractivity contribution in [1.82, 2.24) is 0 Å². The van der Waals surface area contributed by atoms with E-state index < -0.39 is 21.5 Å². The molecule has 0 N–H and O–H groups in total. The summed E-state index contributed by atoms with van der Waals surface area (Å²) in [6.07, 6.45) is 9.45. The quantitative estimate of drug-likeness (QED) is 0.161. The van der Waals surface area contributed by atoms with E-state index in [1.54, 1.807) is 0 Å². The number of allylic oxidation sites excluding steroid dienone is 5. The van der Waals surface area contributed by atoms with Gasteiger partial charge in [-0.3, -0.25) is 0 Å². The second kappa shape index (κ2) is 14.2. The van der Waals surface area contributed by atoms with Crippen molar-refractivity contribution in [3.05, 3.63) is 196 Å². The first-order valence-electron chi connectivity index (χ1n) is 15.8. The van der Waals surface area contributed by atoms with Gasteiger partial charge in [0.05, 0.1) is 0 Å². The maximum absolute atomic E-state index is 7.72. The number of halogens is 2. The van der Waals surface area contributed by atoms with Gasteiger partial charge in [-0.2, -0.15) is 0 Å². The molecule has 0 saturated heterocycles. The minimum atomic E-state index is -2.98. The molecule has 0 fully saturated rings. The van der Waals surface area contributed by atoms with Crippen LogP contribution < -0.4 is 3.32 Å². The molecule has 0 heterocycles. The molecular weight excluding hydrogens is 651 g/mol. The molecule has 1 atom stereocenters. The predicted octanol–water partition coefficient (Wildman–Crippen LogP) is 11.3. The molecule has 2 aliphatic rings. The third kappa shape index (κ3) is 6.56. The normalized spacial score (nSPS) is 16.0. The molecule has 5 aromatic carbocycles. The van der Waals surface area contributed by atoms with Crippen molar-refractivity contribution >= 4 is 40.3 Å². The summed E-state index contributed by atoms with van der Waals surface area (Å²) in [5.74, 6) is 0.954. The summed E-state index contributed by atoms with van der Waals surface area (Å²) in [5, 5.41) is 0. The van der Waals surface area contributed by atoms with Crippen molar-refractivity contribution in [2.24, 2.45) is 0 Å². The van der Waals surface area contributed by atoms with Gasteiger partial charge < -0.3 is 0 Å². The Bertz CT molecular complexity index is 1960. The largest absolute Gasteiger partial charge is 0.147 e. The van der Waals surface area contributed by atoms with Crippen molar-refractivity contribution in [2.75, 3.05) is 0 Å². The van der Waals surface area contributed by atoms with Crippen LogP contribution in [0.4, 0.5) is 0 Å².